The van der Waals surface area contributed by atoms with Gasteiger partial charge in [0.2, 0.25) is 11.3 Å². The van der Waals surface area contributed by atoms with Gasteiger partial charge in [-0.3, -0.25) is 5.43 Å². The van der Waals surface area contributed by atoms with Crippen molar-refractivity contribution in [2.45, 2.75) is 6.92 Å². The molecule has 0 unspecified atom stereocenters. The summed E-state index contributed by atoms with van der Waals surface area (Å²) in [6, 6.07) is 14.2. The van der Waals surface area contributed by atoms with Crippen molar-refractivity contribution in [3.63, 3.8) is 0 Å². The van der Waals surface area contributed by atoms with Gasteiger partial charge in [0.1, 0.15) is 5.82 Å². The first-order chi connectivity index (χ1) is 14.7. The topological polar surface area (TPSA) is 117 Å². The van der Waals surface area contributed by atoms with E-state index in [0.29, 0.717) is 0 Å². The van der Waals surface area contributed by atoms with Crippen LogP contribution in [0.25, 0.3) is 22.2 Å². The number of hydrazone groups is 1. The highest BCUT2D eigenvalue weighted by Crippen LogP contribution is 2.25. The van der Waals surface area contributed by atoms with Gasteiger partial charge < -0.3 is 10.3 Å². The minimum absolute atomic E-state index is 0.191. The maximum atomic E-state index is 14.1. The maximum Gasteiger partial charge on any atom is 0.245 e. The van der Waals surface area contributed by atoms with Crippen LogP contribution in [0.4, 0.5) is 21.7 Å². The Bertz CT molecular complexity index is 1390. The molecule has 0 aliphatic rings. The average Bonchev–Trinajstić information content (AvgIpc) is 3.33. The summed E-state index contributed by atoms with van der Waals surface area (Å²) in [6.07, 6.45) is 1.69. The Kier molecular flexibility index (Phi) is 4.28. The monoisotopic (exact) mass is 402 g/mol. The molecule has 2 aromatic carbocycles. The first-order valence-corrected chi connectivity index (χ1v) is 9.07. The third-order valence-corrected chi connectivity index (χ3v) is 4.55. The van der Waals surface area contributed by atoms with Crippen molar-refractivity contribution in [1.82, 2.24) is 25.3 Å². The summed E-state index contributed by atoms with van der Waals surface area (Å²) < 4.78 is 18.8. The minimum Gasteiger partial charge on any atom is -0.358 e. The van der Waals surface area contributed by atoms with E-state index in [-0.39, 0.29) is 28.6 Å². The predicted octanol–water partition coefficient (Wildman–Crippen LogP) is 4.13. The lowest BCUT2D eigenvalue weighted by Crippen LogP contribution is -2.04. The summed E-state index contributed by atoms with van der Waals surface area (Å²) >= 11 is 0. The largest absolute Gasteiger partial charge is 0.358 e. The Balaban J connectivity index is 1.49. The molecule has 0 amide bonds. The van der Waals surface area contributed by atoms with E-state index < -0.39 is 5.82 Å². The van der Waals surface area contributed by atoms with Crippen LogP contribution in [-0.4, -0.2) is 31.5 Å². The van der Waals surface area contributed by atoms with Crippen LogP contribution in [-0.2, 0) is 0 Å². The first kappa shape index (κ1) is 17.7. The van der Waals surface area contributed by atoms with E-state index >= 15 is 0 Å². The van der Waals surface area contributed by atoms with Crippen molar-refractivity contribution in [2.75, 3.05) is 10.7 Å². The molecule has 0 spiro atoms. The summed E-state index contributed by atoms with van der Waals surface area (Å²) in [5.41, 5.74) is 6.43. The van der Waals surface area contributed by atoms with Crippen molar-refractivity contribution in [3.05, 3.63) is 65.6 Å². The smallest absolute Gasteiger partial charge is 0.245 e. The Morgan fingerprint density at radius 2 is 1.73 bits per heavy atom. The molecule has 0 fully saturated rings. The fourth-order valence-electron chi connectivity index (χ4n) is 3.12. The first-order valence-electron chi connectivity index (χ1n) is 9.07. The summed E-state index contributed by atoms with van der Waals surface area (Å²) in [4.78, 5) is 11.9. The van der Waals surface area contributed by atoms with Crippen molar-refractivity contribution in [2.24, 2.45) is 5.10 Å². The molecule has 30 heavy (non-hydrogen) atoms. The predicted molar refractivity (Wildman–Crippen MR) is 111 cm³/mol. The van der Waals surface area contributed by atoms with Crippen LogP contribution in [0.1, 0.15) is 11.3 Å². The van der Waals surface area contributed by atoms with Gasteiger partial charge >= 0.3 is 0 Å². The number of benzene rings is 2. The quantitative estimate of drug-likeness (QED) is 0.299. The van der Waals surface area contributed by atoms with Gasteiger partial charge in [-0.25, -0.2) is 14.0 Å². The summed E-state index contributed by atoms with van der Waals surface area (Å²) in [6.45, 7) is 1.97. The number of hydrogen-bond donors (Lipinski definition) is 3. The number of rotatable bonds is 5. The molecule has 9 nitrogen and oxygen atoms in total. The zero-order chi connectivity index (χ0) is 20.5. The van der Waals surface area contributed by atoms with E-state index in [0.717, 1.165) is 22.2 Å². The molecule has 0 atom stereocenters. The number of aryl methyl sites for hydroxylation is 1. The molecule has 0 radical (unpaired) electrons. The number of H-pyrrole nitrogens is 1. The number of para-hydroxylation sites is 2. The normalized spacial score (nSPS) is 11.5. The van der Waals surface area contributed by atoms with Gasteiger partial charge in [-0.1, -0.05) is 30.3 Å². The van der Waals surface area contributed by atoms with Gasteiger partial charge in [-0.05, 0) is 35.4 Å². The molecule has 5 rings (SSSR count). The molecule has 3 N–H and O–H groups in total. The van der Waals surface area contributed by atoms with E-state index in [4.69, 9.17) is 0 Å². The van der Waals surface area contributed by atoms with Crippen LogP contribution in [0.15, 0.2) is 58.3 Å². The van der Waals surface area contributed by atoms with Gasteiger partial charge in [0.05, 0.1) is 11.9 Å². The van der Waals surface area contributed by atoms with Gasteiger partial charge in [-0.2, -0.15) is 10.1 Å². The summed E-state index contributed by atoms with van der Waals surface area (Å²) in [5, 5.41) is 15.6. The van der Waals surface area contributed by atoms with Gasteiger partial charge in [0, 0.05) is 22.2 Å². The summed E-state index contributed by atoms with van der Waals surface area (Å²) in [7, 11) is 0. The van der Waals surface area contributed by atoms with E-state index in [1.807, 2.05) is 31.2 Å². The molecular weight excluding hydrogens is 387 g/mol. The molecule has 5 aromatic rings. The average molecular weight is 402 g/mol. The Morgan fingerprint density at radius 1 is 1.00 bits per heavy atom. The highest BCUT2D eigenvalue weighted by Gasteiger charge is 2.14. The number of halogens is 1. The SMILES string of the molecule is Cc1[nH]c2ccccc2c1C=NNc1nc2nonc2nc1Nc1ccccc1F. The van der Waals surface area contributed by atoms with Crippen molar-refractivity contribution in [1.29, 1.82) is 0 Å². The van der Waals surface area contributed by atoms with Gasteiger partial charge in [-0.15, -0.1) is 0 Å². The summed E-state index contributed by atoms with van der Waals surface area (Å²) in [5.74, 6) is 0.0489. The van der Waals surface area contributed by atoms with E-state index in [1.54, 1.807) is 24.4 Å². The molecule has 0 bridgehead atoms. The second-order valence-corrected chi connectivity index (χ2v) is 6.52. The Morgan fingerprint density at radius 3 is 2.57 bits per heavy atom. The number of nitrogens with one attached hydrogen (secondary N) is 3. The lowest BCUT2D eigenvalue weighted by atomic mass is 10.1. The number of aromatic nitrogens is 5. The van der Waals surface area contributed by atoms with Crippen LogP contribution in [0.2, 0.25) is 0 Å². The lowest BCUT2D eigenvalue weighted by Gasteiger charge is -2.09. The number of hydrogen-bond acceptors (Lipinski definition) is 8. The Hall–Kier alpha value is -4.34. The zero-order valence-corrected chi connectivity index (χ0v) is 15.7. The Labute approximate surface area is 169 Å². The number of fused-ring (bicyclic) bond motifs is 2. The zero-order valence-electron chi connectivity index (χ0n) is 15.7. The minimum atomic E-state index is -0.429. The van der Waals surface area contributed by atoms with Crippen molar-refractivity contribution < 1.29 is 9.02 Å². The molecule has 0 saturated carbocycles. The fraction of sp³-hybridized carbons (Fsp3) is 0.0500. The molecule has 148 valence electrons. The number of anilines is 3. The lowest BCUT2D eigenvalue weighted by molar-refractivity contribution is 0.314. The van der Waals surface area contributed by atoms with Crippen LogP contribution >= 0.6 is 0 Å². The third kappa shape index (κ3) is 3.20. The van der Waals surface area contributed by atoms with Gasteiger partial charge in [0.25, 0.3) is 0 Å². The number of aromatic amines is 1. The maximum absolute atomic E-state index is 14.1. The van der Waals surface area contributed by atoms with Crippen molar-refractivity contribution in [3.8, 4) is 0 Å². The molecular formula is C20H15FN8O. The second-order valence-electron chi connectivity index (χ2n) is 6.52. The van der Waals surface area contributed by atoms with Crippen LogP contribution in [0.5, 0.6) is 0 Å². The highest BCUT2D eigenvalue weighted by atomic mass is 19.1. The number of nitrogens with zero attached hydrogens (tertiary/aromatic N) is 5. The molecule has 3 aromatic heterocycles. The van der Waals surface area contributed by atoms with Gasteiger partial charge in [0.15, 0.2) is 11.6 Å². The molecule has 3 heterocycles. The van der Waals surface area contributed by atoms with E-state index in [1.165, 1.54) is 6.07 Å². The standard InChI is InChI=1S/C20H15FN8O/c1-11-13(12-6-2-4-8-15(12)23-11)10-22-27-18-17(24-16-9-5-3-7-14(16)21)25-19-20(26-18)29-30-28-19/h2-10,23H,1H3,(H,24,25,28)(H,26,27,29). The highest BCUT2D eigenvalue weighted by molar-refractivity contribution is 6.00. The van der Waals surface area contributed by atoms with Crippen LogP contribution < -0.4 is 10.7 Å². The van der Waals surface area contributed by atoms with Crippen LogP contribution in [0, 0.1) is 12.7 Å². The molecule has 10 heteroatoms. The molecule has 0 aliphatic carbocycles. The third-order valence-electron chi connectivity index (χ3n) is 4.55. The second kappa shape index (κ2) is 7.24. The van der Waals surface area contributed by atoms with E-state index in [9.17, 15) is 4.39 Å². The molecule has 0 aliphatic heterocycles. The molecule has 0 saturated heterocycles. The fourth-order valence-corrected chi connectivity index (χ4v) is 3.12. The van der Waals surface area contributed by atoms with Crippen LogP contribution in [0.3, 0.4) is 0 Å². The van der Waals surface area contributed by atoms with Crippen molar-refractivity contribution >= 4 is 45.7 Å². The van der Waals surface area contributed by atoms with E-state index in [2.05, 4.69) is 45.7 Å².